The zero-order valence-electron chi connectivity index (χ0n) is 15.3. The number of halogens is 2. The highest BCUT2D eigenvalue weighted by Gasteiger charge is 2.37. The summed E-state index contributed by atoms with van der Waals surface area (Å²) in [5.74, 6) is 0.247. The van der Waals surface area contributed by atoms with Gasteiger partial charge < -0.3 is 14.3 Å². The number of benzene rings is 1. The first kappa shape index (κ1) is 17.6. The van der Waals surface area contributed by atoms with Gasteiger partial charge in [-0.25, -0.2) is 13.8 Å². The minimum atomic E-state index is -2.54. The first-order valence-electron chi connectivity index (χ1n) is 9.23. The largest absolute Gasteiger partial charge is 0.458 e. The number of aromatic amines is 1. The maximum absolute atomic E-state index is 13.2. The number of nitrogens with zero attached hydrogens (tertiary/aromatic N) is 4. The van der Waals surface area contributed by atoms with E-state index in [4.69, 9.17) is 4.42 Å². The molecule has 1 amide bonds. The number of aromatic nitrogens is 4. The second-order valence-corrected chi connectivity index (χ2v) is 6.92. The van der Waals surface area contributed by atoms with E-state index in [9.17, 15) is 13.6 Å². The van der Waals surface area contributed by atoms with Crippen molar-refractivity contribution in [3.8, 4) is 0 Å². The fraction of sp³-hybridized carbons (Fsp3) is 0.250. The van der Waals surface area contributed by atoms with Crippen molar-refractivity contribution in [1.29, 1.82) is 0 Å². The number of carbonyl (C=O) groups is 1. The number of imidazole rings is 1. The van der Waals surface area contributed by atoms with Crippen LogP contribution < -0.4 is 0 Å². The van der Waals surface area contributed by atoms with Crippen LogP contribution in [0.5, 0.6) is 0 Å². The molecule has 1 aromatic carbocycles. The topological polar surface area (TPSA) is 80.0 Å². The van der Waals surface area contributed by atoms with Crippen molar-refractivity contribution in [2.75, 3.05) is 6.54 Å². The molecular weight excluding hydrogens is 380 g/mol. The number of para-hydroxylation sites is 1. The highest BCUT2D eigenvalue weighted by Crippen LogP contribution is 2.36. The van der Waals surface area contributed by atoms with Crippen molar-refractivity contribution in [2.24, 2.45) is 0 Å². The van der Waals surface area contributed by atoms with Gasteiger partial charge in [-0.2, -0.15) is 5.10 Å². The number of H-pyrrole nitrogens is 1. The first-order valence-corrected chi connectivity index (χ1v) is 9.23. The van der Waals surface area contributed by atoms with Gasteiger partial charge in [-0.1, -0.05) is 18.2 Å². The van der Waals surface area contributed by atoms with Crippen molar-refractivity contribution < 1.29 is 18.0 Å². The molecule has 0 saturated carbocycles. The third-order valence-corrected chi connectivity index (χ3v) is 5.08. The second kappa shape index (κ2) is 6.84. The molecule has 1 aliphatic rings. The van der Waals surface area contributed by atoms with Crippen LogP contribution in [-0.4, -0.2) is 43.5 Å². The van der Waals surface area contributed by atoms with E-state index in [-0.39, 0.29) is 11.6 Å². The minimum Gasteiger partial charge on any atom is -0.458 e. The molecule has 1 atom stereocenters. The van der Waals surface area contributed by atoms with E-state index in [1.54, 1.807) is 11.2 Å². The molecular formula is C20H17F2N5O2. The van der Waals surface area contributed by atoms with Crippen LogP contribution in [0.2, 0.25) is 0 Å². The van der Waals surface area contributed by atoms with Crippen LogP contribution in [0.3, 0.4) is 0 Å². The van der Waals surface area contributed by atoms with Crippen molar-refractivity contribution in [3.05, 3.63) is 71.8 Å². The summed E-state index contributed by atoms with van der Waals surface area (Å²) in [5, 5.41) is 4.96. The zero-order chi connectivity index (χ0) is 20.0. The zero-order valence-corrected chi connectivity index (χ0v) is 15.3. The van der Waals surface area contributed by atoms with Crippen molar-refractivity contribution in [3.63, 3.8) is 0 Å². The lowest BCUT2D eigenvalue weighted by atomic mass is 9.99. The van der Waals surface area contributed by atoms with E-state index in [0.717, 1.165) is 27.0 Å². The van der Waals surface area contributed by atoms with E-state index >= 15 is 0 Å². The lowest BCUT2D eigenvalue weighted by Gasteiger charge is -2.33. The maximum Gasteiger partial charge on any atom is 0.275 e. The number of hydrogen-bond donors (Lipinski definition) is 1. The number of amides is 1. The highest BCUT2D eigenvalue weighted by molar-refractivity contribution is 5.93. The summed E-state index contributed by atoms with van der Waals surface area (Å²) in [6.07, 6.45) is 1.06. The molecule has 148 valence electrons. The molecule has 0 radical (unpaired) electrons. The summed E-state index contributed by atoms with van der Waals surface area (Å²) in [7, 11) is 0. The normalized spacial score (nSPS) is 16.5. The summed E-state index contributed by atoms with van der Waals surface area (Å²) in [6.45, 7) is -0.124. The molecule has 0 unspecified atom stereocenters. The third kappa shape index (κ3) is 3.08. The summed E-state index contributed by atoms with van der Waals surface area (Å²) >= 11 is 0. The lowest BCUT2D eigenvalue weighted by Crippen LogP contribution is -2.40. The van der Waals surface area contributed by atoms with Gasteiger partial charge in [0.05, 0.1) is 12.0 Å². The van der Waals surface area contributed by atoms with Crippen LogP contribution in [0.4, 0.5) is 8.78 Å². The molecule has 0 spiro atoms. The van der Waals surface area contributed by atoms with Crippen LogP contribution in [0.1, 0.15) is 33.7 Å². The SMILES string of the molecule is O=C(c1ccn(CC(F)F)n1)N1CCc2[nH]cnc2[C@H]1c1cc2ccccc2o1. The van der Waals surface area contributed by atoms with Gasteiger partial charge in [0.15, 0.2) is 0 Å². The van der Waals surface area contributed by atoms with E-state index in [1.807, 2.05) is 30.3 Å². The number of rotatable bonds is 4. The van der Waals surface area contributed by atoms with Gasteiger partial charge in [-0.15, -0.1) is 0 Å². The van der Waals surface area contributed by atoms with Gasteiger partial charge in [-0.3, -0.25) is 9.48 Å². The third-order valence-electron chi connectivity index (χ3n) is 5.08. The molecule has 0 bridgehead atoms. The molecule has 0 fully saturated rings. The van der Waals surface area contributed by atoms with E-state index in [0.29, 0.717) is 18.7 Å². The van der Waals surface area contributed by atoms with Crippen molar-refractivity contribution >= 4 is 16.9 Å². The van der Waals surface area contributed by atoms with Crippen LogP contribution in [0.25, 0.3) is 11.0 Å². The van der Waals surface area contributed by atoms with Crippen LogP contribution in [-0.2, 0) is 13.0 Å². The Balaban J connectivity index is 1.54. The Morgan fingerprint density at radius 2 is 2.17 bits per heavy atom. The highest BCUT2D eigenvalue weighted by atomic mass is 19.3. The molecule has 0 aliphatic carbocycles. The lowest BCUT2D eigenvalue weighted by molar-refractivity contribution is 0.0663. The second-order valence-electron chi connectivity index (χ2n) is 6.92. The molecule has 29 heavy (non-hydrogen) atoms. The fourth-order valence-corrected chi connectivity index (χ4v) is 3.79. The molecule has 4 heterocycles. The summed E-state index contributed by atoms with van der Waals surface area (Å²) in [4.78, 5) is 22.4. The van der Waals surface area contributed by atoms with Crippen LogP contribution in [0.15, 0.2) is 53.3 Å². The molecule has 0 saturated heterocycles. The molecule has 9 heteroatoms. The van der Waals surface area contributed by atoms with Gasteiger partial charge in [0.1, 0.15) is 29.6 Å². The standard InChI is InChI=1S/C20H17F2N5O2/c21-17(22)10-26-7-5-14(25-26)20(28)27-8-6-13-18(24-11-23-13)19(27)16-9-12-3-1-2-4-15(12)29-16/h1-5,7,9,11,17,19H,6,8,10H2,(H,23,24)/t19-/m1/s1. The number of furan rings is 1. The van der Waals surface area contributed by atoms with Crippen molar-refractivity contribution in [2.45, 2.75) is 25.4 Å². The summed E-state index contributed by atoms with van der Waals surface area (Å²) in [5.41, 5.74) is 2.50. The number of fused-ring (bicyclic) bond motifs is 2. The molecule has 3 aromatic heterocycles. The Bertz CT molecular complexity index is 1150. The number of hydrogen-bond acceptors (Lipinski definition) is 4. The molecule has 1 aliphatic heterocycles. The van der Waals surface area contributed by atoms with E-state index in [1.165, 1.54) is 12.3 Å². The average molecular weight is 397 g/mol. The Morgan fingerprint density at radius 1 is 1.31 bits per heavy atom. The Labute approximate surface area is 163 Å². The van der Waals surface area contributed by atoms with Crippen molar-refractivity contribution in [1.82, 2.24) is 24.6 Å². The van der Waals surface area contributed by atoms with E-state index in [2.05, 4.69) is 15.1 Å². The Morgan fingerprint density at radius 3 is 3.00 bits per heavy atom. The summed E-state index contributed by atoms with van der Waals surface area (Å²) in [6, 6.07) is 10.4. The number of carbonyl (C=O) groups excluding carboxylic acids is 1. The van der Waals surface area contributed by atoms with Gasteiger partial charge in [0.25, 0.3) is 12.3 Å². The number of nitrogens with one attached hydrogen (secondary N) is 1. The maximum atomic E-state index is 13.2. The van der Waals surface area contributed by atoms with E-state index < -0.39 is 19.0 Å². The quantitative estimate of drug-likeness (QED) is 0.572. The molecule has 1 N–H and O–H groups in total. The average Bonchev–Trinajstić information content (AvgIpc) is 3.44. The van der Waals surface area contributed by atoms with Gasteiger partial charge >= 0.3 is 0 Å². The van der Waals surface area contributed by atoms with Crippen LogP contribution in [0, 0.1) is 0 Å². The predicted octanol–water partition coefficient (Wildman–Crippen LogP) is 3.41. The Hall–Kier alpha value is -3.49. The first-order chi connectivity index (χ1) is 14.1. The molecule has 4 aromatic rings. The minimum absolute atomic E-state index is 0.116. The predicted molar refractivity (Wildman–Crippen MR) is 99.6 cm³/mol. The summed E-state index contributed by atoms with van der Waals surface area (Å²) < 4.78 is 32.4. The van der Waals surface area contributed by atoms with Gasteiger partial charge in [0.2, 0.25) is 0 Å². The monoisotopic (exact) mass is 397 g/mol. The van der Waals surface area contributed by atoms with Crippen LogP contribution >= 0.6 is 0 Å². The van der Waals surface area contributed by atoms with Gasteiger partial charge in [-0.05, 0) is 18.2 Å². The Kier molecular flexibility index (Phi) is 4.15. The molecule has 5 rings (SSSR count). The molecule has 7 nitrogen and oxygen atoms in total. The smallest absolute Gasteiger partial charge is 0.275 e. The van der Waals surface area contributed by atoms with Gasteiger partial charge in [0, 0.05) is 30.2 Å². The fourth-order valence-electron chi connectivity index (χ4n) is 3.79. The number of alkyl halides is 2.